The molecule has 41 heteroatoms. The zero-order valence-electron chi connectivity index (χ0n) is 72.3. The molecule has 28 nitrogen and oxygen atoms in total. The van der Waals surface area contributed by atoms with Crippen LogP contribution in [0.2, 0.25) is 18.1 Å². The number of carbonyl (C=O) groups is 4. The number of nitrogen functional groups attached to an aromatic ring is 2. The van der Waals surface area contributed by atoms with Crippen LogP contribution in [0.4, 0.5) is 49.2 Å². The van der Waals surface area contributed by atoms with Crippen LogP contribution in [0.25, 0.3) is 32.7 Å². The highest BCUT2D eigenvalue weighted by Gasteiger charge is 2.38. The number of H-pyrrole nitrogens is 1. The van der Waals surface area contributed by atoms with Crippen LogP contribution in [0.5, 0.6) is 11.5 Å². The van der Waals surface area contributed by atoms with Crippen molar-refractivity contribution >= 4 is 175 Å². The third-order valence-electron chi connectivity index (χ3n) is 21.7. The highest BCUT2D eigenvalue weighted by molar-refractivity contribution is 9.11. The maximum Gasteiger partial charge on any atom is 0.349 e. The fourth-order valence-electron chi connectivity index (χ4n) is 13.1. The molecule has 4 aliphatic carbocycles. The number of fused-ring (bicyclic) bond motifs is 3. The molecule has 133 heavy (non-hydrogen) atoms. The molecule has 16 N–H and O–H groups in total. The fourth-order valence-corrected chi connectivity index (χ4v) is 15.7. The number of carboxylic acid groups (broad SMARTS) is 3. The fraction of sp³-hybridized carbons (Fsp3) is 0.370. The topological polar surface area (TPSA) is 474 Å². The first kappa shape index (κ1) is 115. The van der Waals surface area contributed by atoms with E-state index in [0.717, 1.165) is 138 Å². The van der Waals surface area contributed by atoms with Crippen molar-refractivity contribution in [3.63, 3.8) is 0 Å². The van der Waals surface area contributed by atoms with Gasteiger partial charge in [0, 0.05) is 67.4 Å². The van der Waals surface area contributed by atoms with E-state index in [1.54, 1.807) is 44.6 Å². The molecular formula is C92H110Br4Cl2F6N12O16Si. The Labute approximate surface area is 810 Å². The van der Waals surface area contributed by atoms with E-state index in [0.29, 0.717) is 80.0 Å². The molecule has 4 saturated carbocycles. The number of piperidine rings is 2. The summed E-state index contributed by atoms with van der Waals surface area (Å²) >= 11 is 17.3. The van der Waals surface area contributed by atoms with E-state index in [2.05, 4.69) is 158 Å². The lowest BCUT2D eigenvalue weighted by atomic mass is 9.88. The second kappa shape index (κ2) is 52.7. The number of hydrogen-bond donors (Lipinski definition) is 9. The maximum absolute atomic E-state index is 15.0. The molecule has 3 aromatic heterocycles. The molecule has 6 aliphatic rings. The second-order valence-corrected chi connectivity index (χ2v) is 40.5. The Kier molecular flexibility index (Phi) is 45.7. The average molecular weight is 2170 g/mol. The van der Waals surface area contributed by atoms with E-state index in [9.17, 15) is 60.8 Å². The van der Waals surface area contributed by atoms with Gasteiger partial charge in [-0.05, 0) is 285 Å². The normalized spacial score (nSPS) is 14.2. The van der Waals surface area contributed by atoms with E-state index < -0.39 is 93.8 Å². The summed E-state index contributed by atoms with van der Waals surface area (Å²) in [7, 11) is 1.97. The van der Waals surface area contributed by atoms with Gasteiger partial charge in [-0.2, -0.15) is 0 Å². The van der Waals surface area contributed by atoms with Gasteiger partial charge in [0.1, 0.15) is 68.3 Å². The number of aromatic nitrogens is 5. The monoisotopic (exact) mass is 2170 g/mol. The van der Waals surface area contributed by atoms with Gasteiger partial charge in [0.2, 0.25) is 11.1 Å². The number of hydrogen-bond acceptors (Lipinski definition) is 22. The number of nitrogens with zero attached hydrogens (tertiary/aromatic N) is 6. The number of aromatic amines is 1. The standard InChI is InChI=1S/C23H23BrFN3O.C12H17NO.C11H8BrFN2O.C11H7BrFNO2.C8H21NOSi.C7H5BrFNO2.C7H4FNO4.C7H6FNO2.C4H5ClO.2CH4.ClH.H3N.H2O/c1-29-19-5-3-2-4-16(19)14-10-12-28(13-11-14)23-20-18(9-8-17(24)21(20)25)26-22(27-23)15-6-7-15;1-14-12-5-3-2-4-11(12)10-6-8-13-9-7-10;12-6-3-4-7-8(9(6)13)11(16)15-10(14-7)5-1-2-5;12-6-3-4-7-8(9(6)13)11(15)16-10(14-7)5-1-2-5;1-8(2,3)11(4,5)10-7-6-9;8-3-1-2-4(10)5(6(3)9)7(11)12;8-4-2-1-3-5(9(12)13)6(4)7(10)11;8-4-2-1-3-5(9)6(4)7(10)11;5-4(6)3-1-2-3;;;;;/h2-5,8-9,14-15H,6-7,10-13H2,1H3;2-5,10,13H,6-9H2,1H3;3-5H,1-2H2,(H,14,15,16);3-5H,1-2H2;6-7,9H2,1-5H3;1-2H,10H2,(H,11,12);1-3H,(H,10,11);1-3H,9H2,(H,10,11);3H,1-2H2;2*1H4;1H;1H3;1H2. The molecule has 6 fully saturated rings. The zero-order chi connectivity index (χ0) is 93.8. The summed E-state index contributed by atoms with van der Waals surface area (Å²) in [6.07, 6.45) is 12.8. The molecule has 0 spiro atoms. The average Bonchev–Trinajstić information content (AvgIpc) is 1.73. The van der Waals surface area contributed by atoms with Gasteiger partial charge in [-0.25, -0.2) is 65.5 Å². The van der Waals surface area contributed by atoms with E-state index >= 15 is 4.39 Å². The summed E-state index contributed by atoms with van der Waals surface area (Å²) in [5, 5.41) is 39.7. The van der Waals surface area contributed by atoms with E-state index in [-0.39, 0.29) is 97.3 Å². The van der Waals surface area contributed by atoms with E-state index in [4.69, 9.17) is 67.4 Å². The first-order chi connectivity index (χ1) is 60.7. The molecule has 2 saturated heterocycles. The number of carboxylic acids is 3. The number of nitrogens with two attached hydrogens (primary N) is 3. The van der Waals surface area contributed by atoms with Crippen LogP contribution in [-0.2, 0) is 9.22 Å². The number of benzene rings is 8. The SMILES string of the molecule is C.C.CC(C)(C)[Si](C)(C)OCCN.COc1ccccc1C1CCN(c2nc(C3CC3)nc3ccc(Br)c(F)c23)CC1.COc1ccccc1C1CCNCC1.Cl.N.Nc1ccc(Br)c(F)c1C(=O)O.Nc1cccc(F)c1C(=O)O.O.O=C(Cl)C1CC1.O=C(O)c1c(F)cccc1[N+](=O)[O-].O=c1[nH]c(C2CC2)nc2ccc(Br)c(F)c12.O=c1oc(C2CC2)nc2ccc(Br)c(F)c12. The van der Waals surface area contributed by atoms with Crippen LogP contribution >= 0.6 is 87.7 Å². The lowest BCUT2D eigenvalue weighted by molar-refractivity contribution is -0.385. The number of carbonyl (C=O) groups excluding carboxylic acids is 1. The summed E-state index contributed by atoms with van der Waals surface area (Å²) in [5.41, 5.74) is 16.1. The molecular weight excluding hydrogens is 2060 g/mol. The van der Waals surface area contributed by atoms with Crippen LogP contribution in [0.15, 0.2) is 165 Å². The van der Waals surface area contributed by atoms with E-state index in [1.165, 1.54) is 48.2 Å². The largest absolute Gasteiger partial charge is 0.496 e. The first-order valence-electron chi connectivity index (χ1n) is 40.7. The smallest absolute Gasteiger partial charge is 0.349 e. The molecule has 5 heterocycles. The van der Waals surface area contributed by atoms with Crippen molar-refractivity contribution in [1.82, 2.24) is 36.4 Å². The van der Waals surface area contributed by atoms with Crippen molar-refractivity contribution in [2.45, 2.75) is 160 Å². The van der Waals surface area contributed by atoms with Crippen LogP contribution in [0.1, 0.15) is 202 Å². The Morgan fingerprint density at radius 3 is 1.44 bits per heavy atom. The highest BCUT2D eigenvalue weighted by atomic mass is 79.9. The van der Waals surface area contributed by atoms with Gasteiger partial charge in [0.05, 0.1) is 59.0 Å². The van der Waals surface area contributed by atoms with Crippen molar-refractivity contribution in [2.75, 3.05) is 69.9 Å². The molecule has 0 amide bonds. The predicted octanol–water partition coefficient (Wildman–Crippen LogP) is 22.2. The maximum atomic E-state index is 15.0. The van der Waals surface area contributed by atoms with Crippen molar-refractivity contribution in [1.29, 1.82) is 0 Å². The number of aromatic carboxylic acids is 3. The Morgan fingerprint density at radius 2 is 1.02 bits per heavy atom. The minimum absolute atomic E-state index is 0. The minimum Gasteiger partial charge on any atom is -0.496 e. The molecule has 8 aromatic carbocycles. The summed E-state index contributed by atoms with van der Waals surface area (Å²) < 4.78 is 104. The van der Waals surface area contributed by atoms with Gasteiger partial charge in [0.25, 0.3) is 11.2 Å². The number of ether oxygens (including phenoxy) is 2. The highest BCUT2D eigenvalue weighted by Crippen LogP contribution is 2.45. The number of anilines is 3. The van der Waals surface area contributed by atoms with Crippen LogP contribution in [-0.4, -0.2) is 136 Å². The number of para-hydroxylation sites is 2. The van der Waals surface area contributed by atoms with Gasteiger partial charge in [-0.1, -0.05) is 84.2 Å². The summed E-state index contributed by atoms with van der Waals surface area (Å²) in [4.78, 5) is 96.7. The predicted molar refractivity (Wildman–Crippen MR) is 524 cm³/mol. The van der Waals surface area contributed by atoms with Gasteiger partial charge >= 0.3 is 23.5 Å². The number of nitrogens with one attached hydrogen (secondary N) is 2. The molecule has 17 rings (SSSR count). The molecule has 2 aliphatic heterocycles. The summed E-state index contributed by atoms with van der Waals surface area (Å²) in [6.45, 7) is 16.4. The number of halogens is 12. The van der Waals surface area contributed by atoms with Crippen molar-refractivity contribution in [2.24, 2.45) is 11.7 Å². The Bertz CT molecular complexity index is 5840. The lowest BCUT2D eigenvalue weighted by Gasteiger charge is -2.35. The third kappa shape index (κ3) is 31.5. The van der Waals surface area contributed by atoms with Crippen molar-refractivity contribution in [3.8, 4) is 11.5 Å². The van der Waals surface area contributed by atoms with Crippen molar-refractivity contribution in [3.05, 3.63) is 262 Å². The number of methoxy groups -OCH3 is 2. The molecule has 11 aromatic rings. The molecule has 0 atom stereocenters. The number of rotatable bonds is 16. The Morgan fingerprint density at radius 1 is 0.571 bits per heavy atom. The minimum atomic E-state index is -1.65. The molecule has 722 valence electrons. The van der Waals surface area contributed by atoms with Gasteiger partial charge in [-0.3, -0.25) is 19.7 Å². The number of nitro benzene ring substituents is 1. The van der Waals surface area contributed by atoms with Gasteiger partial charge in [-0.15, -0.1) is 12.4 Å². The molecule has 0 bridgehead atoms. The first-order valence-corrected chi connectivity index (χ1v) is 47.2. The quantitative estimate of drug-likeness (QED) is 0.0108. The molecule has 0 unspecified atom stereocenters. The molecule has 0 radical (unpaired) electrons. The zero-order valence-corrected chi connectivity index (χ0v) is 81.2. The van der Waals surface area contributed by atoms with Gasteiger partial charge < -0.3 is 77.7 Å². The number of nitro groups is 1. The lowest BCUT2D eigenvalue weighted by Crippen LogP contribution is -2.41. The van der Waals surface area contributed by atoms with E-state index in [1.807, 2.05) is 24.3 Å². The third-order valence-corrected chi connectivity index (χ3v) is 28.9. The summed E-state index contributed by atoms with van der Waals surface area (Å²) in [5.74, 6) is -1.49. The van der Waals surface area contributed by atoms with Crippen LogP contribution in [0.3, 0.4) is 0 Å². The van der Waals surface area contributed by atoms with Crippen LogP contribution in [0, 0.1) is 50.9 Å². The Hall–Kier alpha value is -10.0. The Balaban J connectivity index is 0.000000320. The summed E-state index contributed by atoms with van der Waals surface area (Å²) in [6, 6.07) is 35.9. The second-order valence-electron chi connectivity index (χ2n) is 31.9. The van der Waals surface area contributed by atoms with Gasteiger partial charge in [0.15, 0.2) is 31.3 Å². The van der Waals surface area contributed by atoms with Crippen LogP contribution < -0.4 is 54.2 Å². The van der Waals surface area contributed by atoms with Crippen molar-refractivity contribution < 1.29 is 89.6 Å².